The zero-order chi connectivity index (χ0) is 19.3. The van der Waals surface area contributed by atoms with Gasteiger partial charge in [0.25, 0.3) is 0 Å². The van der Waals surface area contributed by atoms with E-state index in [1.54, 1.807) is 11.7 Å². The Balaban J connectivity index is 1.92. The Bertz CT molecular complexity index is 891. The maximum atomic E-state index is 13.2. The molecule has 0 radical (unpaired) electrons. The van der Waals surface area contributed by atoms with Gasteiger partial charge in [-0.1, -0.05) is 6.42 Å². The van der Waals surface area contributed by atoms with Crippen molar-refractivity contribution in [2.75, 3.05) is 13.7 Å². The van der Waals surface area contributed by atoms with Gasteiger partial charge in [-0.3, -0.25) is 4.90 Å². The molecule has 1 saturated heterocycles. The molecular formula is C22H30N2O3. The van der Waals surface area contributed by atoms with Crippen LogP contribution in [0.2, 0.25) is 0 Å². The zero-order valence-electron chi connectivity index (χ0n) is 17.1. The van der Waals surface area contributed by atoms with Gasteiger partial charge in [0.1, 0.15) is 11.4 Å². The molecule has 5 heteroatoms. The van der Waals surface area contributed by atoms with Crippen molar-refractivity contribution in [2.24, 2.45) is 0 Å². The fourth-order valence-electron chi connectivity index (χ4n) is 4.68. The fraction of sp³-hybridized carbons (Fsp3) is 0.591. The van der Waals surface area contributed by atoms with Gasteiger partial charge in [0, 0.05) is 29.7 Å². The third-order valence-electron chi connectivity index (χ3n) is 5.80. The number of carbonyl (C=O) groups excluding carboxylic acids is 1. The van der Waals surface area contributed by atoms with Crippen LogP contribution in [0.15, 0.2) is 12.1 Å². The first-order chi connectivity index (χ1) is 12.8. The van der Waals surface area contributed by atoms with Gasteiger partial charge in [-0.05, 0) is 70.7 Å². The van der Waals surface area contributed by atoms with Crippen molar-refractivity contribution in [3.63, 3.8) is 0 Å². The summed E-state index contributed by atoms with van der Waals surface area (Å²) < 4.78 is 13.1. The quantitative estimate of drug-likeness (QED) is 0.733. The van der Waals surface area contributed by atoms with E-state index in [0.29, 0.717) is 6.04 Å². The number of aromatic nitrogens is 1. The summed E-state index contributed by atoms with van der Waals surface area (Å²) >= 11 is 0. The van der Waals surface area contributed by atoms with Gasteiger partial charge in [-0.2, -0.15) is 0 Å². The molecule has 2 aliphatic rings. The number of aryl methyl sites for hydroxylation is 1. The molecule has 2 aromatic rings. The van der Waals surface area contributed by atoms with E-state index in [1.165, 1.54) is 30.2 Å². The smallest absolute Gasteiger partial charge is 0.419 e. The number of methoxy groups -OCH3 is 1. The SMILES string of the molecule is COc1cc(C)c2c3c(n(C(=O)OC(C)(C)C)c2c1)CN1CCCC[C@@H]1C3. The number of hydrogen-bond acceptors (Lipinski definition) is 4. The zero-order valence-corrected chi connectivity index (χ0v) is 17.1. The van der Waals surface area contributed by atoms with Crippen LogP contribution < -0.4 is 4.74 Å². The summed E-state index contributed by atoms with van der Waals surface area (Å²) in [4.78, 5) is 15.7. The van der Waals surface area contributed by atoms with Gasteiger partial charge in [0.15, 0.2) is 0 Å². The lowest BCUT2D eigenvalue weighted by molar-refractivity contribution is 0.0525. The molecule has 0 spiro atoms. The lowest BCUT2D eigenvalue weighted by atomic mass is 9.89. The first kappa shape index (κ1) is 18.4. The minimum absolute atomic E-state index is 0.295. The highest BCUT2D eigenvalue weighted by Gasteiger charge is 2.35. The second-order valence-corrected chi connectivity index (χ2v) is 8.90. The number of piperidine rings is 1. The molecule has 0 amide bonds. The molecule has 2 aliphatic heterocycles. The molecule has 1 aromatic heterocycles. The van der Waals surface area contributed by atoms with E-state index in [2.05, 4.69) is 17.9 Å². The highest BCUT2D eigenvalue weighted by Crippen LogP contribution is 2.39. The van der Waals surface area contributed by atoms with Gasteiger partial charge in [0.05, 0.1) is 12.6 Å². The van der Waals surface area contributed by atoms with Crippen LogP contribution in [0.3, 0.4) is 0 Å². The highest BCUT2D eigenvalue weighted by atomic mass is 16.6. The molecule has 0 aliphatic carbocycles. The third kappa shape index (κ3) is 3.22. The predicted octanol–water partition coefficient (Wildman–Crippen LogP) is 4.65. The van der Waals surface area contributed by atoms with E-state index >= 15 is 0 Å². The molecule has 0 N–H and O–H groups in total. The van der Waals surface area contributed by atoms with E-state index in [1.807, 2.05) is 26.8 Å². The summed E-state index contributed by atoms with van der Waals surface area (Å²) in [6.45, 7) is 9.77. The van der Waals surface area contributed by atoms with Gasteiger partial charge in [0.2, 0.25) is 0 Å². The van der Waals surface area contributed by atoms with Gasteiger partial charge < -0.3 is 9.47 Å². The minimum atomic E-state index is -0.531. The summed E-state index contributed by atoms with van der Waals surface area (Å²) in [6, 6.07) is 4.63. The van der Waals surface area contributed by atoms with Crippen molar-refractivity contribution in [1.82, 2.24) is 9.47 Å². The van der Waals surface area contributed by atoms with Crippen LogP contribution in [0.1, 0.15) is 56.9 Å². The number of fused-ring (bicyclic) bond motifs is 4. The Kier molecular flexibility index (Phi) is 4.46. The van der Waals surface area contributed by atoms with Gasteiger partial charge >= 0.3 is 6.09 Å². The van der Waals surface area contributed by atoms with Crippen LogP contribution in [-0.4, -0.2) is 40.9 Å². The van der Waals surface area contributed by atoms with Gasteiger partial charge in [-0.15, -0.1) is 0 Å². The second kappa shape index (κ2) is 6.55. The van der Waals surface area contributed by atoms with Crippen LogP contribution >= 0.6 is 0 Å². The predicted molar refractivity (Wildman–Crippen MR) is 107 cm³/mol. The Labute approximate surface area is 161 Å². The average Bonchev–Trinajstić information content (AvgIpc) is 2.91. The van der Waals surface area contributed by atoms with E-state index in [0.717, 1.165) is 42.0 Å². The highest BCUT2D eigenvalue weighted by molar-refractivity contribution is 5.96. The number of carbonyl (C=O) groups is 1. The maximum Gasteiger partial charge on any atom is 0.419 e. The Morgan fingerprint density at radius 1 is 1.22 bits per heavy atom. The largest absolute Gasteiger partial charge is 0.497 e. The molecule has 3 heterocycles. The Morgan fingerprint density at radius 3 is 2.70 bits per heavy atom. The van der Waals surface area contributed by atoms with Crippen LogP contribution in [0.4, 0.5) is 4.79 Å². The van der Waals surface area contributed by atoms with Crippen molar-refractivity contribution >= 4 is 17.0 Å². The summed E-state index contributed by atoms with van der Waals surface area (Å²) in [5.74, 6) is 0.775. The molecule has 1 aromatic carbocycles. The van der Waals surface area contributed by atoms with Crippen LogP contribution in [0.5, 0.6) is 5.75 Å². The van der Waals surface area contributed by atoms with E-state index in [4.69, 9.17) is 9.47 Å². The molecule has 4 rings (SSSR count). The Morgan fingerprint density at radius 2 is 2.00 bits per heavy atom. The number of nitrogens with zero attached hydrogens (tertiary/aromatic N) is 2. The minimum Gasteiger partial charge on any atom is -0.497 e. The van der Waals surface area contributed by atoms with Crippen LogP contribution in [0.25, 0.3) is 10.9 Å². The number of hydrogen-bond donors (Lipinski definition) is 0. The molecule has 146 valence electrons. The number of rotatable bonds is 1. The normalized spacial score (nSPS) is 20.3. The second-order valence-electron chi connectivity index (χ2n) is 8.90. The third-order valence-corrected chi connectivity index (χ3v) is 5.80. The lowest BCUT2D eigenvalue weighted by Crippen LogP contribution is -2.44. The number of ether oxygens (including phenoxy) is 2. The molecule has 0 unspecified atom stereocenters. The first-order valence-corrected chi connectivity index (χ1v) is 9.96. The van der Waals surface area contributed by atoms with Crippen molar-refractivity contribution < 1.29 is 14.3 Å². The van der Waals surface area contributed by atoms with Crippen molar-refractivity contribution in [3.8, 4) is 5.75 Å². The molecule has 1 fully saturated rings. The molecule has 0 bridgehead atoms. The summed E-state index contributed by atoms with van der Waals surface area (Å²) in [6.07, 6.45) is 4.50. The molecule has 0 saturated carbocycles. The van der Waals surface area contributed by atoms with E-state index in [-0.39, 0.29) is 6.09 Å². The van der Waals surface area contributed by atoms with Gasteiger partial charge in [-0.25, -0.2) is 9.36 Å². The number of benzene rings is 1. The van der Waals surface area contributed by atoms with Crippen molar-refractivity contribution in [1.29, 1.82) is 0 Å². The van der Waals surface area contributed by atoms with Crippen LogP contribution in [0, 0.1) is 6.92 Å². The summed E-state index contributed by atoms with van der Waals surface area (Å²) in [7, 11) is 1.67. The topological polar surface area (TPSA) is 43.7 Å². The molecule has 1 atom stereocenters. The molecular weight excluding hydrogens is 340 g/mol. The van der Waals surface area contributed by atoms with Crippen molar-refractivity contribution in [3.05, 3.63) is 29.0 Å². The maximum absolute atomic E-state index is 13.2. The Hall–Kier alpha value is -2.01. The monoisotopic (exact) mass is 370 g/mol. The first-order valence-electron chi connectivity index (χ1n) is 9.96. The molecule has 27 heavy (non-hydrogen) atoms. The van der Waals surface area contributed by atoms with Crippen LogP contribution in [-0.2, 0) is 17.7 Å². The lowest BCUT2D eigenvalue weighted by Gasteiger charge is -2.39. The summed E-state index contributed by atoms with van der Waals surface area (Å²) in [5, 5.41) is 1.20. The molecule has 5 nitrogen and oxygen atoms in total. The average molecular weight is 370 g/mol. The summed E-state index contributed by atoms with van der Waals surface area (Å²) in [5.41, 5.74) is 3.95. The standard InChI is InChI=1S/C22H30N2O3/c1-14-10-16(26-5)12-18-20(14)17-11-15-8-6-7-9-23(15)13-19(17)24(18)21(25)27-22(2,3)4/h10,12,15H,6-9,11,13H2,1-5H3/t15-/m1/s1. The fourth-order valence-corrected chi connectivity index (χ4v) is 4.68. The van der Waals surface area contributed by atoms with E-state index in [9.17, 15) is 4.79 Å². The van der Waals surface area contributed by atoms with Crippen molar-refractivity contribution in [2.45, 2.75) is 71.6 Å². The van der Waals surface area contributed by atoms with E-state index < -0.39 is 5.60 Å².